The highest BCUT2D eigenvalue weighted by atomic mass is 15.1. The Morgan fingerprint density at radius 1 is 1.00 bits per heavy atom. The fraction of sp³-hybridized carbons (Fsp3) is 1.00. The van der Waals surface area contributed by atoms with Crippen molar-refractivity contribution >= 4 is 0 Å². The summed E-state index contributed by atoms with van der Waals surface area (Å²) in [5, 5.41) is 0. The van der Waals surface area contributed by atoms with E-state index in [4.69, 9.17) is 5.73 Å². The fourth-order valence-corrected chi connectivity index (χ4v) is 3.82. The Morgan fingerprint density at radius 3 is 2.28 bits per heavy atom. The number of hydrogen-bond donors (Lipinski definition) is 1. The van der Waals surface area contributed by atoms with E-state index in [1.807, 2.05) is 0 Å². The van der Waals surface area contributed by atoms with Crippen molar-refractivity contribution in [2.45, 2.75) is 76.2 Å². The molecule has 0 saturated heterocycles. The highest BCUT2D eigenvalue weighted by Crippen LogP contribution is 2.29. The molecule has 0 atom stereocenters. The third-order valence-corrected chi connectivity index (χ3v) is 5.14. The molecule has 0 unspecified atom stereocenters. The Hall–Kier alpha value is -0.0800. The molecule has 18 heavy (non-hydrogen) atoms. The summed E-state index contributed by atoms with van der Waals surface area (Å²) in [7, 11) is 2.29. The third-order valence-electron chi connectivity index (χ3n) is 5.14. The molecule has 106 valence electrons. The van der Waals surface area contributed by atoms with Gasteiger partial charge in [0.1, 0.15) is 0 Å². The lowest BCUT2D eigenvalue weighted by atomic mass is 9.80. The van der Waals surface area contributed by atoms with E-state index in [9.17, 15) is 0 Å². The topological polar surface area (TPSA) is 29.3 Å². The van der Waals surface area contributed by atoms with E-state index in [2.05, 4.69) is 11.9 Å². The zero-order valence-corrected chi connectivity index (χ0v) is 12.3. The summed E-state index contributed by atoms with van der Waals surface area (Å²) < 4.78 is 0. The van der Waals surface area contributed by atoms with Gasteiger partial charge in [-0.15, -0.1) is 0 Å². The van der Waals surface area contributed by atoms with Crippen molar-refractivity contribution < 1.29 is 0 Å². The van der Waals surface area contributed by atoms with Crippen LogP contribution in [-0.2, 0) is 0 Å². The quantitative estimate of drug-likeness (QED) is 0.811. The first-order valence-corrected chi connectivity index (χ1v) is 8.15. The Balaban J connectivity index is 1.65. The van der Waals surface area contributed by atoms with Crippen LogP contribution in [0.2, 0.25) is 0 Å². The van der Waals surface area contributed by atoms with Gasteiger partial charge in [-0.2, -0.15) is 0 Å². The van der Waals surface area contributed by atoms with E-state index in [0.717, 1.165) is 5.92 Å². The van der Waals surface area contributed by atoms with Crippen LogP contribution < -0.4 is 5.73 Å². The molecule has 2 fully saturated rings. The first-order valence-electron chi connectivity index (χ1n) is 8.15. The van der Waals surface area contributed by atoms with E-state index in [1.165, 1.54) is 83.7 Å². The van der Waals surface area contributed by atoms with Gasteiger partial charge < -0.3 is 10.6 Å². The number of hydrogen-bond acceptors (Lipinski definition) is 2. The Labute approximate surface area is 113 Å². The van der Waals surface area contributed by atoms with Gasteiger partial charge in [0, 0.05) is 12.1 Å². The lowest BCUT2D eigenvalue weighted by Crippen LogP contribution is -2.44. The number of nitrogens with two attached hydrogens (primary N) is 1. The molecule has 2 N–H and O–H groups in total. The van der Waals surface area contributed by atoms with Gasteiger partial charge in [0.15, 0.2) is 0 Å². The predicted molar refractivity (Wildman–Crippen MR) is 78.7 cm³/mol. The van der Waals surface area contributed by atoms with Crippen LogP contribution in [0.3, 0.4) is 0 Å². The first kappa shape index (κ1) is 14.3. The molecule has 2 rings (SSSR count). The van der Waals surface area contributed by atoms with Crippen LogP contribution in [0.15, 0.2) is 0 Å². The normalized spacial score (nSPS) is 25.5. The van der Waals surface area contributed by atoms with Gasteiger partial charge in [-0.1, -0.05) is 38.5 Å². The second-order valence-corrected chi connectivity index (χ2v) is 6.94. The smallest absolute Gasteiger partial charge is 0.0166 e. The minimum Gasteiger partial charge on any atom is -0.325 e. The molecule has 0 spiro atoms. The molecule has 0 aromatic heterocycles. The Morgan fingerprint density at radius 2 is 1.61 bits per heavy atom. The summed E-state index contributed by atoms with van der Waals surface area (Å²) in [6, 6.07) is 0. The minimum absolute atomic E-state index is 0.166. The molecule has 0 amide bonds. The highest BCUT2D eigenvalue weighted by Gasteiger charge is 2.27. The molecule has 0 aliphatic heterocycles. The molecule has 2 aliphatic carbocycles. The zero-order chi connectivity index (χ0) is 12.8. The molecule has 0 heterocycles. The second kappa shape index (κ2) is 6.91. The summed E-state index contributed by atoms with van der Waals surface area (Å²) in [4.78, 5) is 2.54. The molecule has 2 heteroatoms. The minimum atomic E-state index is 0.166. The highest BCUT2D eigenvalue weighted by molar-refractivity contribution is 4.88. The summed E-state index contributed by atoms with van der Waals surface area (Å²) in [6.07, 6.45) is 15.1. The lowest BCUT2D eigenvalue weighted by Gasteiger charge is -2.35. The molecular formula is C16H32N2. The van der Waals surface area contributed by atoms with Crippen LogP contribution in [0.4, 0.5) is 0 Å². The molecular weight excluding hydrogens is 220 g/mol. The molecule has 2 nitrogen and oxygen atoms in total. The SMILES string of the molecule is CN(CCC1(N)CCCCC1)CC1CCCCC1. The molecule has 0 bridgehead atoms. The Kier molecular flexibility index (Phi) is 5.50. The average Bonchev–Trinajstić information content (AvgIpc) is 2.39. The second-order valence-electron chi connectivity index (χ2n) is 6.94. The van der Waals surface area contributed by atoms with E-state index >= 15 is 0 Å². The van der Waals surface area contributed by atoms with Crippen LogP contribution in [0.25, 0.3) is 0 Å². The number of rotatable bonds is 5. The predicted octanol–water partition coefficient (Wildman–Crippen LogP) is 3.55. The monoisotopic (exact) mass is 252 g/mol. The molecule has 2 saturated carbocycles. The van der Waals surface area contributed by atoms with Gasteiger partial charge in [-0.05, 0) is 51.6 Å². The van der Waals surface area contributed by atoms with Gasteiger partial charge >= 0.3 is 0 Å². The van der Waals surface area contributed by atoms with Crippen LogP contribution in [0.5, 0.6) is 0 Å². The molecule has 0 aromatic carbocycles. The maximum atomic E-state index is 6.51. The van der Waals surface area contributed by atoms with Gasteiger partial charge in [-0.3, -0.25) is 0 Å². The van der Waals surface area contributed by atoms with Crippen molar-refractivity contribution in [3.63, 3.8) is 0 Å². The van der Waals surface area contributed by atoms with Gasteiger partial charge in [0.2, 0.25) is 0 Å². The largest absolute Gasteiger partial charge is 0.325 e. The van der Waals surface area contributed by atoms with Crippen molar-refractivity contribution in [1.29, 1.82) is 0 Å². The maximum Gasteiger partial charge on any atom is 0.0166 e. The van der Waals surface area contributed by atoms with E-state index in [1.54, 1.807) is 0 Å². The fourth-order valence-electron chi connectivity index (χ4n) is 3.82. The lowest BCUT2D eigenvalue weighted by molar-refractivity contribution is 0.196. The summed E-state index contributed by atoms with van der Waals surface area (Å²) in [5.74, 6) is 0.962. The standard InChI is InChI=1S/C16H32N2/c1-18(14-15-8-4-2-5-9-15)13-12-16(17)10-6-3-7-11-16/h15H,2-14,17H2,1H3. The van der Waals surface area contributed by atoms with Gasteiger partial charge in [-0.25, -0.2) is 0 Å². The summed E-state index contributed by atoms with van der Waals surface area (Å²) >= 11 is 0. The summed E-state index contributed by atoms with van der Waals surface area (Å²) in [6.45, 7) is 2.50. The van der Waals surface area contributed by atoms with Crippen molar-refractivity contribution in [1.82, 2.24) is 4.90 Å². The van der Waals surface area contributed by atoms with Crippen LogP contribution in [-0.4, -0.2) is 30.6 Å². The van der Waals surface area contributed by atoms with E-state index < -0.39 is 0 Å². The van der Waals surface area contributed by atoms with E-state index in [-0.39, 0.29) is 5.54 Å². The van der Waals surface area contributed by atoms with Gasteiger partial charge in [0.05, 0.1) is 0 Å². The zero-order valence-electron chi connectivity index (χ0n) is 12.3. The number of nitrogens with zero attached hydrogens (tertiary/aromatic N) is 1. The van der Waals surface area contributed by atoms with Crippen molar-refractivity contribution in [3.05, 3.63) is 0 Å². The van der Waals surface area contributed by atoms with Crippen LogP contribution in [0, 0.1) is 5.92 Å². The summed E-state index contributed by atoms with van der Waals surface area (Å²) in [5.41, 5.74) is 6.68. The van der Waals surface area contributed by atoms with Crippen molar-refractivity contribution in [2.75, 3.05) is 20.1 Å². The van der Waals surface area contributed by atoms with Gasteiger partial charge in [0.25, 0.3) is 0 Å². The van der Waals surface area contributed by atoms with Crippen molar-refractivity contribution in [2.24, 2.45) is 11.7 Å². The van der Waals surface area contributed by atoms with Crippen molar-refractivity contribution in [3.8, 4) is 0 Å². The average molecular weight is 252 g/mol. The van der Waals surface area contributed by atoms with Crippen LogP contribution in [0.1, 0.15) is 70.6 Å². The molecule has 2 aliphatic rings. The Bertz CT molecular complexity index is 227. The molecule has 0 radical (unpaired) electrons. The third kappa shape index (κ3) is 4.55. The van der Waals surface area contributed by atoms with Crippen LogP contribution >= 0.6 is 0 Å². The molecule has 0 aromatic rings. The maximum absolute atomic E-state index is 6.51. The first-order chi connectivity index (χ1) is 8.68. The van der Waals surface area contributed by atoms with E-state index in [0.29, 0.717) is 0 Å².